The molecule has 0 aliphatic carbocycles. The molecule has 1 aromatic carbocycles. The number of ether oxygens (including phenoxy) is 1. The second kappa shape index (κ2) is 5.49. The van der Waals surface area contributed by atoms with Crippen LogP contribution in [0.4, 0.5) is 0 Å². The molecular formula is C12H12BrNO4. The van der Waals surface area contributed by atoms with E-state index in [9.17, 15) is 9.59 Å². The summed E-state index contributed by atoms with van der Waals surface area (Å²) in [5.41, 5.74) is 0.932. The third kappa shape index (κ3) is 3.08. The number of nitrogens with zero attached hydrogens (tertiary/aromatic N) is 1. The lowest BCUT2D eigenvalue weighted by atomic mass is 10.1. The van der Waals surface area contributed by atoms with Gasteiger partial charge in [0, 0.05) is 4.47 Å². The molecule has 6 heteroatoms. The number of rotatable bonds is 3. The zero-order chi connectivity index (χ0) is 13.1. The number of carbonyl (C=O) groups excluding carboxylic acids is 1. The monoisotopic (exact) mass is 313 g/mol. The Labute approximate surface area is 112 Å². The second-order valence-electron chi connectivity index (χ2n) is 4.02. The Hall–Kier alpha value is -1.40. The van der Waals surface area contributed by atoms with E-state index in [2.05, 4.69) is 15.9 Å². The topological polar surface area (TPSA) is 66.8 Å². The van der Waals surface area contributed by atoms with Gasteiger partial charge in [0.05, 0.1) is 6.54 Å². The van der Waals surface area contributed by atoms with E-state index in [-0.39, 0.29) is 31.7 Å². The van der Waals surface area contributed by atoms with Crippen LogP contribution in [0.2, 0.25) is 0 Å². The van der Waals surface area contributed by atoms with Crippen molar-refractivity contribution in [1.82, 2.24) is 4.90 Å². The molecule has 1 aliphatic rings. The fraction of sp³-hybridized carbons (Fsp3) is 0.333. The molecule has 18 heavy (non-hydrogen) atoms. The maximum Gasteiger partial charge on any atom is 0.323 e. The van der Waals surface area contributed by atoms with Crippen LogP contribution in [0.25, 0.3) is 0 Å². The van der Waals surface area contributed by atoms with E-state index in [1.807, 2.05) is 24.3 Å². The molecule has 1 unspecified atom stereocenters. The molecule has 0 saturated carbocycles. The molecule has 1 fully saturated rings. The van der Waals surface area contributed by atoms with Crippen LogP contribution in [0.3, 0.4) is 0 Å². The van der Waals surface area contributed by atoms with E-state index in [0.29, 0.717) is 0 Å². The number of hydrogen-bond acceptors (Lipinski definition) is 3. The predicted octanol–water partition coefficient (Wildman–Crippen LogP) is 1.43. The van der Waals surface area contributed by atoms with Crippen LogP contribution in [-0.4, -0.2) is 41.6 Å². The van der Waals surface area contributed by atoms with E-state index in [4.69, 9.17) is 9.84 Å². The van der Waals surface area contributed by atoms with Crippen molar-refractivity contribution in [3.05, 3.63) is 34.3 Å². The van der Waals surface area contributed by atoms with Crippen molar-refractivity contribution in [2.75, 3.05) is 19.7 Å². The van der Waals surface area contributed by atoms with Crippen LogP contribution in [0, 0.1) is 0 Å². The number of carboxylic acid groups (broad SMARTS) is 1. The van der Waals surface area contributed by atoms with Crippen LogP contribution in [0.15, 0.2) is 28.7 Å². The zero-order valence-corrected chi connectivity index (χ0v) is 11.1. The van der Waals surface area contributed by atoms with Gasteiger partial charge in [0.15, 0.2) is 0 Å². The summed E-state index contributed by atoms with van der Waals surface area (Å²) in [4.78, 5) is 23.5. The highest BCUT2D eigenvalue weighted by molar-refractivity contribution is 9.10. The highest BCUT2D eigenvalue weighted by atomic mass is 79.9. The van der Waals surface area contributed by atoms with Crippen molar-refractivity contribution >= 4 is 27.8 Å². The quantitative estimate of drug-likeness (QED) is 0.917. The summed E-state index contributed by atoms with van der Waals surface area (Å²) in [6.07, 6.45) is -0.268. The lowest BCUT2D eigenvalue weighted by Crippen LogP contribution is -2.45. The molecule has 1 saturated heterocycles. The minimum Gasteiger partial charge on any atom is -0.480 e. The van der Waals surface area contributed by atoms with Crippen molar-refractivity contribution < 1.29 is 19.4 Å². The standard InChI is InChI=1S/C12H12BrNO4/c13-9-3-1-8(2-4-9)10-5-14(6-12(16)17)11(15)7-18-10/h1-4,10H,5-7H2,(H,16,17). The van der Waals surface area contributed by atoms with Gasteiger partial charge in [-0.15, -0.1) is 0 Å². The Morgan fingerprint density at radius 1 is 1.44 bits per heavy atom. The maximum absolute atomic E-state index is 11.5. The minimum atomic E-state index is -1.01. The van der Waals surface area contributed by atoms with Gasteiger partial charge >= 0.3 is 5.97 Å². The molecule has 5 nitrogen and oxygen atoms in total. The van der Waals surface area contributed by atoms with Crippen molar-refractivity contribution in [3.63, 3.8) is 0 Å². The third-order valence-corrected chi connectivity index (χ3v) is 3.24. The fourth-order valence-corrected chi connectivity index (χ4v) is 2.08. The largest absolute Gasteiger partial charge is 0.480 e. The highest BCUT2D eigenvalue weighted by Gasteiger charge is 2.28. The molecule has 1 atom stereocenters. The van der Waals surface area contributed by atoms with Crippen LogP contribution in [0.5, 0.6) is 0 Å². The maximum atomic E-state index is 11.5. The summed E-state index contributed by atoms with van der Waals surface area (Å²) in [6, 6.07) is 7.56. The lowest BCUT2D eigenvalue weighted by molar-refractivity contribution is -0.156. The number of benzene rings is 1. The van der Waals surface area contributed by atoms with Gasteiger partial charge in [0.1, 0.15) is 19.3 Å². The molecule has 96 valence electrons. The van der Waals surface area contributed by atoms with E-state index in [0.717, 1.165) is 10.0 Å². The molecule has 0 radical (unpaired) electrons. The lowest BCUT2D eigenvalue weighted by Gasteiger charge is -2.31. The van der Waals surface area contributed by atoms with Gasteiger partial charge in [-0.05, 0) is 17.7 Å². The number of carboxylic acids is 1. The van der Waals surface area contributed by atoms with Crippen LogP contribution in [-0.2, 0) is 14.3 Å². The summed E-state index contributed by atoms with van der Waals surface area (Å²) in [5.74, 6) is -1.30. The molecule has 2 rings (SSSR count). The molecule has 0 aromatic heterocycles. The van der Waals surface area contributed by atoms with Crippen molar-refractivity contribution in [1.29, 1.82) is 0 Å². The molecule has 1 N–H and O–H groups in total. The van der Waals surface area contributed by atoms with Gasteiger partial charge in [-0.25, -0.2) is 0 Å². The number of hydrogen-bond donors (Lipinski definition) is 1. The Morgan fingerprint density at radius 3 is 2.72 bits per heavy atom. The van der Waals surface area contributed by atoms with Gasteiger partial charge in [0.25, 0.3) is 0 Å². The average Bonchev–Trinajstić information content (AvgIpc) is 2.32. The first-order valence-corrected chi connectivity index (χ1v) is 6.22. The number of halogens is 1. The normalized spacial score (nSPS) is 19.9. The third-order valence-electron chi connectivity index (χ3n) is 2.71. The van der Waals surface area contributed by atoms with E-state index in [1.54, 1.807) is 0 Å². The van der Waals surface area contributed by atoms with Gasteiger partial charge in [0.2, 0.25) is 5.91 Å². The summed E-state index contributed by atoms with van der Waals surface area (Å²) >= 11 is 3.34. The average molecular weight is 314 g/mol. The van der Waals surface area contributed by atoms with Gasteiger partial charge in [-0.3, -0.25) is 9.59 Å². The highest BCUT2D eigenvalue weighted by Crippen LogP contribution is 2.24. The van der Waals surface area contributed by atoms with Gasteiger partial charge < -0.3 is 14.7 Å². The summed E-state index contributed by atoms with van der Waals surface area (Å²) in [5, 5.41) is 8.74. The molecular weight excluding hydrogens is 302 g/mol. The Morgan fingerprint density at radius 2 is 2.11 bits per heavy atom. The van der Waals surface area contributed by atoms with Crippen molar-refractivity contribution in [3.8, 4) is 0 Å². The molecule has 0 bridgehead atoms. The number of aliphatic carboxylic acids is 1. The number of carbonyl (C=O) groups is 2. The smallest absolute Gasteiger partial charge is 0.323 e. The van der Waals surface area contributed by atoms with Gasteiger partial charge in [-0.2, -0.15) is 0 Å². The van der Waals surface area contributed by atoms with Crippen LogP contribution in [0.1, 0.15) is 11.7 Å². The van der Waals surface area contributed by atoms with E-state index >= 15 is 0 Å². The molecule has 1 aromatic rings. The van der Waals surface area contributed by atoms with E-state index in [1.165, 1.54) is 4.90 Å². The fourth-order valence-electron chi connectivity index (χ4n) is 1.81. The van der Waals surface area contributed by atoms with Crippen molar-refractivity contribution in [2.24, 2.45) is 0 Å². The van der Waals surface area contributed by atoms with Crippen LogP contribution >= 0.6 is 15.9 Å². The Balaban J connectivity index is 2.09. The van der Waals surface area contributed by atoms with E-state index < -0.39 is 5.97 Å². The summed E-state index contributed by atoms with van der Waals surface area (Å²) < 4.78 is 6.39. The van der Waals surface area contributed by atoms with Crippen molar-refractivity contribution in [2.45, 2.75) is 6.10 Å². The Bertz CT molecular complexity index is 460. The first kappa shape index (κ1) is 13.0. The Kier molecular flexibility index (Phi) is 3.98. The second-order valence-corrected chi connectivity index (χ2v) is 4.93. The minimum absolute atomic E-state index is 0.0754. The predicted molar refractivity (Wildman–Crippen MR) is 67.1 cm³/mol. The molecule has 0 spiro atoms. The number of amides is 1. The molecule has 1 aliphatic heterocycles. The first-order valence-electron chi connectivity index (χ1n) is 5.43. The van der Waals surface area contributed by atoms with Gasteiger partial charge in [-0.1, -0.05) is 28.1 Å². The first-order chi connectivity index (χ1) is 8.56. The summed E-state index contributed by atoms with van der Waals surface area (Å²) in [6.45, 7) is -0.0873. The number of morpholine rings is 1. The zero-order valence-electron chi connectivity index (χ0n) is 9.51. The SMILES string of the molecule is O=C(O)CN1CC(c2ccc(Br)cc2)OCC1=O. The summed E-state index contributed by atoms with van der Waals surface area (Å²) in [7, 11) is 0. The van der Waals surface area contributed by atoms with Crippen LogP contribution < -0.4 is 0 Å². The molecule has 1 heterocycles. The molecule has 1 amide bonds.